The zero-order valence-electron chi connectivity index (χ0n) is 14.3. The number of esters is 1. The molecule has 2 rings (SSSR count). The van der Waals surface area contributed by atoms with Gasteiger partial charge in [0.1, 0.15) is 0 Å². The number of rotatable bonds is 7. The lowest BCUT2D eigenvalue weighted by molar-refractivity contribution is -0.147. The second-order valence-corrected chi connectivity index (χ2v) is 5.78. The summed E-state index contributed by atoms with van der Waals surface area (Å²) in [6.07, 6.45) is 0.310. The van der Waals surface area contributed by atoms with E-state index in [-0.39, 0.29) is 38.4 Å². The van der Waals surface area contributed by atoms with Crippen molar-refractivity contribution < 1.29 is 23.9 Å². The number of hydrogen-bond acceptors (Lipinski definition) is 5. The largest absolute Gasteiger partial charge is 0.456 e. The number of urea groups is 1. The first-order chi connectivity index (χ1) is 11.9. The van der Waals surface area contributed by atoms with Gasteiger partial charge in [0.25, 0.3) is 5.91 Å². The van der Waals surface area contributed by atoms with Crippen LogP contribution in [0.2, 0.25) is 0 Å². The van der Waals surface area contributed by atoms with E-state index in [2.05, 4.69) is 10.6 Å². The lowest BCUT2D eigenvalue weighted by atomic mass is 10.1. The Morgan fingerprint density at radius 3 is 2.52 bits per heavy atom. The maximum Gasteiger partial charge on any atom is 0.324 e. The SMILES string of the molecule is Cc1cccc(C)c1NC(=O)COC(=O)CCCN1C(=O)CNC1=O. The summed E-state index contributed by atoms with van der Waals surface area (Å²) in [6.45, 7) is 3.51. The standard InChI is InChI=1S/C17H21N3O5/c1-11-5-3-6-12(2)16(11)19-13(21)10-25-15(23)7-4-8-20-14(22)9-18-17(20)24/h3,5-6H,4,7-10H2,1-2H3,(H,18,24)(H,19,21). The zero-order valence-corrected chi connectivity index (χ0v) is 14.3. The number of nitrogens with one attached hydrogen (secondary N) is 2. The second kappa shape index (κ2) is 8.27. The van der Waals surface area contributed by atoms with Gasteiger partial charge in [-0.05, 0) is 31.4 Å². The zero-order chi connectivity index (χ0) is 18.4. The molecule has 1 aliphatic heterocycles. The number of nitrogens with zero attached hydrogens (tertiary/aromatic N) is 1. The summed E-state index contributed by atoms with van der Waals surface area (Å²) in [5.41, 5.74) is 2.56. The van der Waals surface area contributed by atoms with E-state index < -0.39 is 17.9 Å². The van der Waals surface area contributed by atoms with Crippen LogP contribution in [0.25, 0.3) is 0 Å². The summed E-state index contributed by atoms with van der Waals surface area (Å²) in [6, 6.07) is 5.20. The maximum atomic E-state index is 11.9. The Labute approximate surface area is 145 Å². The molecule has 1 heterocycles. The fraction of sp³-hybridized carbons (Fsp3) is 0.412. The number of carbonyl (C=O) groups is 4. The number of anilines is 1. The highest BCUT2D eigenvalue weighted by Crippen LogP contribution is 2.19. The van der Waals surface area contributed by atoms with Crippen LogP contribution in [0, 0.1) is 13.8 Å². The molecule has 8 nitrogen and oxygen atoms in total. The van der Waals surface area contributed by atoms with Gasteiger partial charge < -0.3 is 15.4 Å². The fourth-order valence-electron chi connectivity index (χ4n) is 2.47. The highest BCUT2D eigenvalue weighted by atomic mass is 16.5. The van der Waals surface area contributed by atoms with E-state index in [1.54, 1.807) is 0 Å². The first-order valence-electron chi connectivity index (χ1n) is 7.98. The van der Waals surface area contributed by atoms with Crippen molar-refractivity contribution in [3.05, 3.63) is 29.3 Å². The predicted molar refractivity (Wildman–Crippen MR) is 89.9 cm³/mol. The lowest BCUT2D eigenvalue weighted by Crippen LogP contribution is -2.32. The van der Waals surface area contributed by atoms with Gasteiger partial charge in [-0.2, -0.15) is 0 Å². The van der Waals surface area contributed by atoms with E-state index in [0.29, 0.717) is 5.69 Å². The van der Waals surface area contributed by atoms with Crippen molar-refractivity contribution in [1.82, 2.24) is 10.2 Å². The van der Waals surface area contributed by atoms with Gasteiger partial charge in [-0.15, -0.1) is 0 Å². The molecular weight excluding hydrogens is 326 g/mol. The maximum absolute atomic E-state index is 11.9. The van der Waals surface area contributed by atoms with Gasteiger partial charge >= 0.3 is 12.0 Å². The number of para-hydroxylation sites is 1. The third kappa shape index (κ3) is 5.03. The molecule has 1 fully saturated rings. The van der Waals surface area contributed by atoms with Crippen molar-refractivity contribution in [2.75, 3.05) is 25.0 Å². The Morgan fingerprint density at radius 2 is 1.92 bits per heavy atom. The van der Waals surface area contributed by atoms with Crippen molar-refractivity contribution >= 4 is 29.5 Å². The fourth-order valence-corrected chi connectivity index (χ4v) is 2.47. The molecule has 1 aromatic rings. The highest BCUT2D eigenvalue weighted by Gasteiger charge is 2.27. The highest BCUT2D eigenvalue weighted by molar-refractivity contribution is 6.01. The van der Waals surface area contributed by atoms with Gasteiger partial charge in [0, 0.05) is 18.7 Å². The molecule has 0 aliphatic carbocycles. The monoisotopic (exact) mass is 347 g/mol. The van der Waals surface area contributed by atoms with Crippen molar-refractivity contribution in [2.24, 2.45) is 0 Å². The third-order valence-corrected chi connectivity index (χ3v) is 3.81. The van der Waals surface area contributed by atoms with Crippen LogP contribution in [0.3, 0.4) is 0 Å². The van der Waals surface area contributed by atoms with Crippen LogP contribution in [0.5, 0.6) is 0 Å². The van der Waals surface area contributed by atoms with Crippen LogP contribution >= 0.6 is 0 Å². The quantitative estimate of drug-likeness (QED) is 0.568. The molecule has 0 spiro atoms. The summed E-state index contributed by atoms with van der Waals surface area (Å²) in [7, 11) is 0. The van der Waals surface area contributed by atoms with Gasteiger partial charge in [-0.3, -0.25) is 19.3 Å². The molecule has 0 unspecified atom stereocenters. The molecule has 0 aromatic heterocycles. The van der Waals surface area contributed by atoms with Crippen LogP contribution in [0.4, 0.5) is 10.5 Å². The molecule has 0 bridgehead atoms. The minimum absolute atomic E-state index is 0.0121. The van der Waals surface area contributed by atoms with Crippen LogP contribution in [-0.2, 0) is 19.1 Å². The number of imide groups is 1. The summed E-state index contributed by atoms with van der Waals surface area (Å²) in [5.74, 6) is -1.28. The average molecular weight is 347 g/mol. The van der Waals surface area contributed by atoms with Gasteiger partial charge in [-0.25, -0.2) is 4.79 Å². The smallest absolute Gasteiger partial charge is 0.324 e. The minimum atomic E-state index is -0.552. The Morgan fingerprint density at radius 1 is 1.24 bits per heavy atom. The Bertz CT molecular complexity index is 665. The first-order valence-corrected chi connectivity index (χ1v) is 7.98. The van der Waals surface area contributed by atoms with E-state index in [4.69, 9.17) is 4.74 Å². The van der Waals surface area contributed by atoms with Gasteiger partial charge in [0.05, 0.1) is 6.54 Å². The number of aryl methyl sites for hydroxylation is 2. The molecule has 25 heavy (non-hydrogen) atoms. The molecule has 1 aliphatic rings. The summed E-state index contributed by atoms with van der Waals surface area (Å²) in [4.78, 5) is 47.3. The molecule has 0 radical (unpaired) electrons. The van der Waals surface area contributed by atoms with Crippen LogP contribution in [-0.4, -0.2) is 48.4 Å². The molecule has 2 N–H and O–H groups in total. The number of hydrogen-bond donors (Lipinski definition) is 2. The van der Waals surface area contributed by atoms with Gasteiger partial charge in [0.15, 0.2) is 6.61 Å². The van der Waals surface area contributed by atoms with Gasteiger partial charge in [0.2, 0.25) is 5.91 Å². The van der Waals surface area contributed by atoms with Crippen molar-refractivity contribution in [3.8, 4) is 0 Å². The number of ether oxygens (including phenoxy) is 1. The van der Waals surface area contributed by atoms with E-state index >= 15 is 0 Å². The minimum Gasteiger partial charge on any atom is -0.456 e. The number of benzene rings is 1. The third-order valence-electron chi connectivity index (χ3n) is 3.81. The van der Waals surface area contributed by atoms with Crippen molar-refractivity contribution in [3.63, 3.8) is 0 Å². The lowest BCUT2D eigenvalue weighted by Gasteiger charge is -2.12. The van der Waals surface area contributed by atoms with Gasteiger partial charge in [-0.1, -0.05) is 18.2 Å². The molecule has 0 atom stereocenters. The average Bonchev–Trinajstić information content (AvgIpc) is 2.88. The predicted octanol–water partition coefficient (Wildman–Crippen LogP) is 1.12. The Hall–Kier alpha value is -2.90. The topological polar surface area (TPSA) is 105 Å². The Balaban J connectivity index is 1.70. The number of amides is 4. The number of carbonyl (C=O) groups excluding carboxylic acids is 4. The Kier molecular flexibility index (Phi) is 6.10. The van der Waals surface area contributed by atoms with Crippen molar-refractivity contribution in [2.45, 2.75) is 26.7 Å². The normalized spacial score (nSPS) is 13.6. The van der Waals surface area contributed by atoms with E-state index in [0.717, 1.165) is 16.0 Å². The van der Waals surface area contributed by atoms with Crippen LogP contribution in [0.15, 0.2) is 18.2 Å². The summed E-state index contributed by atoms with van der Waals surface area (Å²) >= 11 is 0. The van der Waals surface area contributed by atoms with Crippen LogP contribution in [0.1, 0.15) is 24.0 Å². The van der Waals surface area contributed by atoms with E-state index in [9.17, 15) is 19.2 Å². The van der Waals surface area contributed by atoms with E-state index in [1.165, 1.54) is 0 Å². The molecule has 1 aromatic carbocycles. The first kappa shape index (κ1) is 18.4. The summed E-state index contributed by atoms with van der Waals surface area (Å²) < 4.78 is 4.92. The molecule has 4 amide bonds. The van der Waals surface area contributed by atoms with E-state index in [1.807, 2.05) is 32.0 Å². The van der Waals surface area contributed by atoms with Crippen LogP contribution < -0.4 is 10.6 Å². The van der Waals surface area contributed by atoms with Crippen molar-refractivity contribution in [1.29, 1.82) is 0 Å². The molecule has 1 saturated heterocycles. The second-order valence-electron chi connectivity index (χ2n) is 5.78. The molecular formula is C17H21N3O5. The summed E-state index contributed by atoms with van der Waals surface area (Å²) in [5, 5.41) is 5.12. The molecule has 8 heteroatoms. The molecule has 134 valence electrons. The molecule has 0 saturated carbocycles.